The predicted molar refractivity (Wildman–Crippen MR) is 117 cm³/mol. The van der Waals surface area contributed by atoms with Crippen LogP contribution in [0, 0.1) is 5.92 Å². The summed E-state index contributed by atoms with van der Waals surface area (Å²) < 4.78 is 6.05. The van der Waals surface area contributed by atoms with Crippen molar-refractivity contribution in [2.75, 3.05) is 6.61 Å². The number of hydrogen-bond donors (Lipinski definition) is 0. The second kappa shape index (κ2) is 6.55. The fourth-order valence-corrected chi connectivity index (χ4v) is 6.68. The molecule has 2 heterocycles. The van der Waals surface area contributed by atoms with E-state index in [1.54, 1.807) is 0 Å². The van der Waals surface area contributed by atoms with Gasteiger partial charge in [-0.25, -0.2) is 4.99 Å². The molecule has 3 heteroatoms. The molecule has 0 fully saturated rings. The van der Waals surface area contributed by atoms with Gasteiger partial charge in [0.05, 0.1) is 6.04 Å². The van der Waals surface area contributed by atoms with Gasteiger partial charge in [-0.05, 0) is 28.8 Å². The monoisotopic (exact) mass is 371 g/mol. The molecule has 1 aliphatic heterocycles. The Kier molecular flexibility index (Phi) is 4.02. The maximum absolute atomic E-state index is 6.05. The summed E-state index contributed by atoms with van der Waals surface area (Å²) in [7, 11) is -0.599. The first-order valence-electron chi connectivity index (χ1n) is 9.52. The fourth-order valence-electron chi connectivity index (χ4n) is 3.91. The van der Waals surface area contributed by atoms with Crippen LogP contribution in [0.5, 0.6) is 0 Å². The van der Waals surface area contributed by atoms with Crippen LogP contribution in [0.1, 0.15) is 19.4 Å². The second-order valence-electron chi connectivity index (χ2n) is 7.44. The lowest BCUT2D eigenvalue weighted by Crippen LogP contribution is -2.13. The van der Waals surface area contributed by atoms with E-state index >= 15 is 0 Å². The third-order valence-electron chi connectivity index (χ3n) is 5.40. The van der Waals surface area contributed by atoms with Crippen LogP contribution in [-0.4, -0.2) is 18.5 Å². The normalized spacial score (nSPS) is 16.9. The van der Waals surface area contributed by atoms with Crippen LogP contribution < -0.4 is 0 Å². The van der Waals surface area contributed by atoms with Gasteiger partial charge in [0.15, 0.2) is 0 Å². The summed E-state index contributed by atoms with van der Waals surface area (Å²) in [5, 5.41) is 6.93. The molecule has 1 aromatic heterocycles. The third kappa shape index (κ3) is 2.67. The molecule has 0 radical (unpaired) electrons. The number of hydrogen-bond acceptors (Lipinski definition) is 2. The van der Waals surface area contributed by atoms with Crippen molar-refractivity contribution >= 4 is 34.4 Å². The van der Waals surface area contributed by atoms with E-state index in [4.69, 9.17) is 9.73 Å². The molecule has 0 aliphatic carbocycles. The average molecular weight is 371 g/mol. The van der Waals surface area contributed by atoms with Crippen molar-refractivity contribution in [1.29, 1.82) is 0 Å². The summed E-state index contributed by atoms with van der Waals surface area (Å²) >= 11 is 0. The Morgan fingerprint density at radius 1 is 0.852 bits per heavy atom. The summed E-state index contributed by atoms with van der Waals surface area (Å²) in [6.07, 6.45) is 0. The highest BCUT2D eigenvalue weighted by Gasteiger charge is 2.25. The number of aliphatic imine (C=N–C) groups is 1. The zero-order valence-electron chi connectivity index (χ0n) is 15.6. The van der Waals surface area contributed by atoms with Gasteiger partial charge in [-0.2, -0.15) is 0 Å². The average Bonchev–Trinajstić information content (AvgIpc) is 3.31. The predicted octanol–water partition coefficient (Wildman–Crippen LogP) is 6.77. The highest BCUT2D eigenvalue weighted by molar-refractivity contribution is 7.68. The van der Waals surface area contributed by atoms with E-state index < -0.39 is 7.53 Å². The largest absolute Gasteiger partial charge is 0.475 e. The molecule has 0 spiro atoms. The quantitative estimate of drug-likeness (QED) is 0.389. The summed E-state index contributed by atoms with van der Waals surface area (Å²) in [6, 6.07) is 26.6. The number of nitrogens with zero attached hydrogens (tertiary/aromatic N) is 1. The zero-order valence-corrected chi connectivity index (χ0v) is 16.5. The second-order valence-corrected chi connectivity index (χ2v) is 9.56. The molecule has 27 heavy (non-hydrogen) atoms. The van der Waals surface area contributed by atoms with Gasteiger partial charge in [0.1, 0.15) is 6.61 Å². The molecule has 0 unspecified atom stereocenters. The van der Waals surface area contributed by atoms with Crippen LogP contribution in [0.2, 0.25) is 0 Å². The van der Waals surface area contributed by atoms with E-state index in [2.05, 4.69) is 86.6 Å². The molecule has 2 nitrogen and oxygen atoms in total. The Bertz CT molecular complexity index is 1120. The number of benzene rings is 3. The van der Waals surface area contributed by atoms with Crippen molar-refractivity contribution in [1.82, 2.24) is 0 Å². The van der Waals surface area contributed by atoms with Crippen LogP contribution in [0.3, 0.4) is 0 Å². The molecule has 4 aromatic rings. The van der Waals surface area contributed by atoms with Gasteiger partial charge in [0, 0.05) is 21.1 Å². The van der Waals surface area contributed by atoms with E-state index in [-0.39, 0.29) is 6.04 Å². The highest BCUT2D eigenvalue weighted by atomic mass is 31.1. The summed E-state index contributed by atoms with van der Waals surface area (Å²) in [5.41, 5.74) is 1.15. The Labute approximate surface area is 160 Å². The molecule has 0 N–H and O–H groups in total. The van der Waals surface area contributed by atoms with Crippen LogP contribution in [-0.2, 0) is 4.74 Å². The van der Waals surface area contributed by atoms with Gasteiger partial charge in [0.2, 0.25) is 5.90 Å². The first-order chi connectivity index (χ1) is 13.2. The SMILES string of the molecule is CC(C)[C@H]1COC(c2ccccc2-p2c3ccccc3c3ccccc32)=N1. The van der Waals surface area contributed by atoms with Gasteiger partial charge in [-0.3, -0.25) is 0 Å². The molecule has 0 saturated carbocycles. The van der Waals surface area contributed by atoms with Gasteiger partial charge in [0.25, 0.3) is 0 Å². The standard InChI is InChI=1S/C24H22NOP/c1-16(2)20-15-26-24(25-20)19-11-5-8-14-23(19)27-21-12-6-3-9-17(21)18-10-4-7-13-22(18)27/h3-14,16,20H,15H2,1-2H3/t20-/m1/s1. The lowest BCUT2D eigenvalue weighted by atomic mass is 10.1. The molecule has 5 rings (SSSR count). The Morgan fingerprint density at radius 2 is 1.44 bits per heavy atom. The van der Waals surface area contributed by atoms with Crippen LogP contribution in [0.25, 0.3) is 26.3 Å². The van der Waals surface area contributed by atoms with Gasteiger partial charge < -0.3 is 4.74 Å². The topological polar surface area (TPSA) is 21.6 Å². The fraction of sp³-hybridized carbons (Fsp3) is 0.208. The van der Waals surface area contributed by atoms with E-state index in [9.17, 15) is 0 Å². The van der Waals surface area contributed by atoms with E-state index in [1.807, 2.05) is 0 Å². The molecular formula is C24H22NOP. The van der Waals surface area contributed by atoms with Crippen molar-refractivity contribution in [2.24, 2.45) is 10.9 Å². The minimum absolute atomic E-state index is 0.254. The minimum Gasteiger partial charge on any atom is -0.475 e. The van der Waals surface area contributed by atoms with E-state index in [0.29, 0.717) is 12.5 Å². The van der Waals surface area contributed by atoms with Gasteiger partial charge >= 0.3 is 0 Å². The molecule has 0 saturated heterocycles. The molecule has 3 aromatic carbocycles. The smallest absolute Gasteiger partial charge is 0.217 e. The molecular weight excluding hydrogens is 349 g/mol. The molecule has 0 bridgehead atoms. The van der Waals surface area contributed by atoms with E-state index in [1.165, 1.54) is 26.3 Å². The summed E-state index contributed by atoms with van der Waals surface area (Å²) in [5.74, 6) is 1.31. The molecule has 1 aliphatic rings. The van der Waals surface area contributed by atoms with Crippen molar-refractivity contribution in [3.05, 3.63) is 78.4 Å². The van der Waals surface area contributed by atoms with Crippen LogP contribution in [0.4, 0.5) is 0 Å². The van der Waals surface area contributed by atoms with Crippen molar-refractivity contribution in [3.63, 3.8) is 0 Å². The number of fused-ring (bicyclic) bond motifs is 3. The number of rotatable bonds is 3. The van der Waals surface area contributed by atoms with Crippen molar-refractivity contribution in [3.8, 4) is 5.30 Å². The maximum Gasteiger partial charge on any atom is 0.217 e. The zero-order chi connectivity index (χ0) is 18.4. The third-order valence-corrected chi connectivity index (χ3v) is 8.01. The Balaban J connectivity index is 1.79. The first kappa shape index (κ1) is 16.6. The Morgan fingerprint density at radius 3 is 2.07 bits per heavy atom. The minimum atomic E-state index is -0.599. The maximum atomic E-state index is 6.05. The van der Waals surface area contributed by atoms with E-state index in [0.717, 1.165) is 11.5 Å². The van der Waals surface area contributed by atoms with Crippen LogP contribution >= 0.6 is 7.53 Å². The van der Waals surface area contributed by atoms with Crippen molar-refractivity contribution in [2.45, 2.75) is 19.9 Å². The molecule has 0 amide bonds. The van der Waals surface area contributed by atoms with Gasteiger partial charge in [-0.1, -0.05) is 82.0 Å². The molecule has 134 valence electrons. The Hall–Kier alpha value is -2.57. The summed E-state index contributed by atoms with van der Waals surface area (Å²) in [6.45, 7) is 5.10. The first-order valence-corrected chi connectivity index (χ1v) is 10.9. The van der Waals surface area contributed by atoms with Crippen molar-refractivity contribution < 1.29 is 4.74 Å². The summed E-state index contributed by atoms with van der Waals surface area (Å²) in [4.78, 5) is 4.91. The number of ether oxygens (including phenoxy) is 1. The molecule has 1 atom stereocenters. The lowest BCUT2D eigenvalue weighted by Gasteiger charge is -2.10. The highest BCUT2D eigenvalue weighted by Crippen LogP contribution is 2.56. The lowest BCUT2D eigenvalue weighted by molar-refractivity contribution is 0.292. The van der Waals surface area contributed by atoms with Crippen LogP contribution in [0.15, 0.2) is 77.8 Å². The van der Waals surface area contributed by atoms with Gasteiger partial charge in [-0.15, -0.1) is 0 Å².